The van der Waals surface area contributed by atoms with Crippen LogP contribution >= 0.6 is 11.3 Å². The van der Waals surface area contributed by atoms with Gasteiger partial charge in [0, 0.05) is 10.9 Å². The number of amides is 1. The summed E-state index contributed by atoms with van der Waals surface area (Å²) in [5.74, 6) is -2.37. The highest BCUT2D eigenvalue weighted by molar-refractivity contribution is 7.13. The van der Waals surface area contributed by atoms with E-state index in [2.05, 4.69) is 10.3 Å². The van der Waals surface area contributed by atoms with Crippen LogP contribution < -0.4 is 5.32 Å². The van der Waals surface area contributed by atoms with Gasteiger partial charge in [-0.25, -0.2) is 13.8 Å². The van der Waals surface area contributed by atoms with Gasteiger partial charge in [-0.2, -0.15) is 0 Å². The van der Waals surface area contributed by atoms with E-state index >= 15 is 0 Å². The zero-order valence-electron chi connectivity index (χ0n) is 13.9. The predicted molar refractivity (Wildman–Crippen MR) is 96.0 cm³/mol. The van der Waals surface area contributed by atoms with E-state index in [1.807, 2.05) is 0 Å². The number of rotatable bonds is 6. The van der Waals surface area contributed by atoms with Gasteiger partial charge in [-0.3, -0.25) is 9.59 Å². The quantitative estimate of drug-likeness (QED) is 0.656. The third kappa shape index (κ3) is 4.95. The van der Waals surface area contributed by atoms with Crippen molar-refractivity contribution in [2.24, 2.45) is 0 Å². The lowest BCUT2D eigenvalue weighted by atomic mass is 10.2. The average Bonchev–Trinajstić information content (AvgIpc) is 3.14. The molecule has 27 heavy (non-hydrogen) atoms. The third-order valence-corrected chi connectivity index (χ3v) is 4.48. The summed E-state index contributed by atoms with van der Waals surface area (Å²) in [6.45, 7) is -0.450. The fourth-order valence-corrected chi connectivity index (χ4v) is 3.01. The Bertz CT molecular complexity index is 958. The van der Waals surface area contributed by atoms with Crippen molar-refractivity contribution < 1.29 is 23.1 Å². The monoisotopic (exact) mass is 388 g/mol. The summed E-state index contributed by atoms with van der Waals surface area (Å²) in [6, 6.07) is 11.4. The molecule has 138 valence electrons. The Labute approximate surface area is 157 Å². The van der Waals surface area contributed by atoms with Gasteiger partial charge in [0.1, 0.15) is 29.8 Å². The minimum atomic E-state index is -0.697. The molecule has 8 heteroatoms. The topological polar surface area (TPSA) is 68.3 Å². The number of ether oxygens (including phenoxy) is 1. The molecule has 0 aliphatic carbocycles. The second-order valence-electron chi connectivity index (χ2n) is 5.47. The number of hydrogen-bond acceptors (Lipinski definition) is 5. The molecule has 0 atom stereocenters. The van der Waals surface area contributed by atoms with Crippen molar-refractivity contribution >= 4 is 23.2 Å². The van der Waals surface area contributed by atoms with Crippen molar-refractivity contribution in [3.63, 3.8) is 0 Å². The second kappa shape index (κ2) is 8.50. The fourth-order valence-electron chi connectivity index (χ4n) is 2.20. The number of aromatic nitrogens is 1. The van der Waals surface area contributed by atoms with E-state index in [4.69, 9.17) is 4.74 Å². The van der Waals surface area contributed by atoms with Crippen molar-refractivity contribution in [2.75, 3.05) is 6.54 Å². The van der Waals surface area contributed by atoms with E-state index in [1.165, 1.54) is 41.7 Å². The number of nitrogens with zero attached hydrogens (tertiary/aromatic N) is 1. The van der Waals surface area contributed by atoms with Gasteiger partial charge in [-0.05, 0) is 36.4 Å². The molecular formula is C19H14F2N2O3S. The third-order valence-electron chi connectivity index (χ3n) is 3.54. The molecule has 1 heterocycles. The Balaban J connectivity index is 1.49. The first-order chi connectivity index (χ1) is 13.0. The molecule has 1 amide bonds. The number of halogens is 2. The van der Waals surface area contributed by atoms with E-state index < -0.39 is 17.7 Å². The molecule has 0 spiro atoms. The molecule has 0 unspecified atom stereocenters. The number of thiazole rings is 1. The lowest BCUT2D eigenvalue weighted by molar-refractivity contribution is -0.143. The number of esters is 1. The van der Waals surface area contributed by atoms with Crippen LogP contribution in [0.4, 0.5) is 8.78 Å². The van der Waals surface area contributed by atoms with E-state index in [9.17, 15) is 18.4 Å². The molecule has 0 aliphatic heterocycles. The SMILES string of the molecule is O=C(CNC(=O)c1ccccc1F)OCc1csc(-c2ccc(F)cc2)n1. The maximum Gasteiger partial charge on any atom is 0.325 e. The highest BCUT2D eigenvalue weighted by Crippen LogP contribution is 2.24. The molecule has 0 bridgehead atoms. The molecule has 2 aromatic carbocycles. The molecule has 5 nitrogen and oxygen atoms in total. The number of hydrogen-bond donors (Lipinski definition) is 1. The Morgan fingerprint density at radius 2 is 1.81 bits per heavy atom. The highest BCUT2D eigenvalue weighted by atomic mass is 32.1. The van der Waals surface area contributed by atoms with E-state index in [0.717, 1.165) is 11.6 Å². The van der Waals surface area contributed by atoms with Gasteiger partial charge >= 0.3 is 5.97 Å². The van der Waals surface area contributed by atoms with Crippen molar-refractivity contribution in [2.45, 2.75) is 6.61 Å². The highest BCUT2D eigenvalue weighted by Gasteiger charge is 2.13. The summed E-state index contributed by atoms with van der Waals surface area (Å²) in [4.78, 5) is 27.9. The maximum atomic E-state index is 13.5. The van der Waals surface area contributed by atoms with E-state index in [0.29, 0.717) is 10.7 Å². The van der Waals surface area contributed by atoms with Crippen molar-refractivity contribution in [1.29, 1.82) is 0 Å². The Morgan fingerprint density at radius 3 is 2.56 bits per heavy atom. The molecule has 0 saturated heterocycles. The Hall–Kier alpha value is -3.13. The number of nitrogens with one attached hydrogen (secondary N) is 1. The molecular weight excluding hydrogens is 374 g/mol. The number of benzene rings is 2. The van der Waals surface area contributed by atoms with Gasteiger partial charge in [-0.1, -0.05) is 12.1 Å². The molecule has 0 fully saturated rings. The van der Waals surface area contributed by atoms with Gasteiger partial charge in [-0.15, -0.1) is 11.3 Å². The summed E-state index contributed by atoms with van der Waals surface area (Å²) in [5.41, 5.74) is 1.15. The standard InChI is InChI=1S/C19H14F2N2O3S/c20-13-7-5-12(6-8-13)19-23-14(11-27-19)10-26-17(24)9-22-18(25)15-3-1-2-4-16(15)21/h1-8,11H,9-10H2,(H,22,25). The molecule has 3 aromatic rings. The van der Waals surface area contributed by atoms with Crippen LogP contribution in [0.15, 0.2) is 53.9 Å². The smallest absolute Gasteiger partial charge is 0.325 e. The first-order valence-electron chi connectivity index (χ1n) is 7.91. The zero-order chi connectivity index (χ0) is 19.2. The first-order valence-corrected chi connectivity index (χ1v) is 8.79. The van der Waals surface area contributed by atoms with E-state index in [-0.39, 0.29) is 24.5 Å². The number of carbonyl (C=O) groups excluding carboxylic acids is 2. The summed E-state index contributed by atoms with van der Waals surface area (Å²) < 4.78 is 31.5. The van der Waals surface area contributed by atoms with Crippen molar-refractivity contribution in [3.05, 3.63) is 76.8 Å². The maximum absolute atomic E-state index is 13.5. The van der Waals surface area contributed by atoms with Gasteiger partial charge < -0.3 is 10.1 Å². The van der Waals surface area contributed by atoms with Crippen molar-refractivity contribution in [1.82, 2.24) is 10.3 Å². The van der Waals surface area contributed by atoms with Gasteiger partial charge in [0.25, 0.3) is 5.91 Å². The van der Waals surface area contributed by atoms with Crippen LogP contribution in [0.2, 0.25) is 0 Å². The zero-order valence-corrected chi connectivity index (χ0v) is 14.8. The second-order valence-corrected chi connectivity index (χ2v) is 6.33. The first kappa shape index (κ1) is 18.7. The van der Waals surface area contributed by atoms with Crippen LogP contribution in [0.3, 0.4) is 0 Å². The molecule has 1 aromatic heterocycles. The molecule has 0 saturated carbocycles. The lowest BCUT2D eigenvalue weighted by Crippen LogP contribution is -2.31. The minimum absolute atomic E-state index is 0.0634. The Morgan fingerprint density at radius 1 is 1.07 bits per heavy atom. The molecule has 3 rings (SSSR count). The summed E-state index contributed by atoms with van der Waals surface area (Å²) in [7, 11) is 0. The minimum Gasteiger partial charge on any atom is -0.458 e. The van der Waals surface area contributed by atoms with Crippen LogP contribution in [-0.4, -0.2) is 23.4 Å². The normalized spacial score (nSPS) is 10.4. The molecule has 0 radical (unpaired) electrons. The van der Waals surface area contributed by atoms with Gasteiger partial charge in [0.2, 0.25) is 0 Å². The van der Waals surface area contributed by atoms with Crippen molar-refractivity contribution in [3.8, 4) is 10.6 Å². The van der Waals surface area contributed by atoms with Crippen LogP contribution in [0.5, 0.6) is 0 Å². The number of carbonyl (C=O) groups is 2. The van der Waals surface area contributed by atoms with Gasteiger partial charge in [0.05, 0.1) is 11.3 Å². The van der Waals surface area contributed by atoms with Crippen LogP contribution in [0.1, 0.15) is 16.1 Å². The average molecular weight is 388 g/mol. The summed E-state index contributed by atoms with van der Waals surface area (Å²) in [5, 5.41) is 4.71. The largest absolute Gasteiger partial charge is 0.458 e. The predicted octanol–water partition coefficient (Wildman–Crippen LogP) is 3.56. The van der Waals surface area contributed by atoms with Gasteiger partial charge in [0.15, 0.2) is 0 Å². The fraction of sp³-hybridized carbons (Fsp3) is 0.105. The summed E-state index contributed by atoms with van der Waals surface area (Å²) in [6.07, 6.45) is 0. The lowest BCUT2D eigenvalue weighted by Gasteiger charge is -2.06. The molecule has 1 N–H and O–H groups in total. The van der Waals surface area contributed by atoms with E-state index in [1.54, 1.807) is 17.5 Å². The van der Waals surface area contributed by atoms with Crippen LogP contribution in [0, 0.1) is 11.6 Å². The summed E-state index contributed by atoms with van der Waals surface area (Å²) >= 11 is 1.34. The Kier molecular flexibility index (Phi) is 5.87. The van der Waals surface area contributed by atoms with Crippen LogP contribution in [-0.2, 0) is 16.1 Å². The van der Waals surface area contributed by atoms with Crippen LogP contribution in [0.25, 0.3) is 10.6 Å². The molecule has 0 aliphatic rings.